The Hall–Kier alpha value is -1.20. The first kappa shape index (κ1) is 12.3. The van der Waals surface area contributed by atoms with E-state index in [-0.39, 0.29) is 5.91 Å². The Kier molecular flexibility index (Phi) is 3.59. The van der Waals surface area contributed by atoms with Crippen molar-refractivity contribution < 1.29 is 4.79 Å². The topological polar surface area (TPSA) is 33.2 Å². The van der Waals surface area contributed by atoms with E-state index in [4.69, 9.17) is 0 Å². The molecule has 2 aromatic rings. The number of aromatic nitrogens is 1. The van der Waals surface area contributed by atoms with Gasteiger partial charge in [0.05, 0.1) is 9.35 Å². The molecule has 0 saturated heterocycles. The van der Waals surface area contributed by atoms with E-state index in [1.807, 2.05) is 30.5 Å². The maximum atomic E-state index is 12.1. The molecular formula is C12H11BrN2OS. The van der Waals surface area contributed by atoms with Gasteiger partial charge in [0.15, 0.2) is 0 Å². The van der Waals surface area contributed by atoms with Crippen LogP contribution < -0.4 is 4.90 Å². The minimum Gasteiger partial charge on any atom is -0.294 e. The van der Waals surface area contributed by atoms with E-state index in [2.05, 4.69) is 20.9 Å². The zero-order valence-electron chi connectivity index (χ0n) is 9.48. The van der Waals surface area contributed by atoms with Crippen molar-refractivity contribution in [3.05, 3.63) is 44.7 Å². The van der Waals surface area contributed by atoms with Gasteiger partial charge in [0.2, 0.25) is 0 Å². The van der Waals surface area contributed by atoms with Gasteiger partial charge in [-0.25, -0.2) is 4.98 Å². The fourth-order valence-corrected chi connectivity index (χ4v) is 2.86. The number of carbonyl (C=O) groups is 1. The number of anilines is 1. The van der Waals surface area contributed by atoms with Crippen LogP contribution in [0.4, 0.5) is 5.82 Å². The Morgan fingerprint density at radius 3 is 2.88 bits per heavy atom. The van der Waals surface area contributed by atoms with Crippen LogP contribution in [0.5, 0.6) is 0 Å². The van der Waals surface area contributed by atoms with Gasteiger partial charge in [0, 0.05) is 13.2 Å². The number of hydrogen-bond acceptors (Lipinski definition) is 3. The molecule has 0 radical (unpaired) electrons. The van der Waals surface area contributed by atoms with E-state index in [1.165, 1.54) is 11.3 Å². The molecule has 88 valence electrons. The molecule has 0 aromatic carbocycles. The molecule has 3 nitrogen and oxygen atoms in total. The Morgan fingerprint density at radius 2 is 2.29 bits per heavy atom. The summed E-state index contributed by atoms with van der Waals surface area (Å²) >= 11 is 4.86. The molecule has 0 aliphatic carbocycles. The van der Waals surface area contributed by atoms with Crippen molar-refractivity contribution in [1.29, 1.82) is 0 Å². The maximum Gasteiger partial charge on any atom is 0.269 e. The number of rotatable bonds is 2. The van der Waals surface area contributed by atoms with Crippen LogP contribution in [0.15, 0.2) is 34.2 Å². The highest BCUT2D eigenvalue weighted by Gasteiger charge is 2.17. The monoisotopic (exact) mass is 310 g/mol. The van der Waals surface area contributed by atoms with E-state index in [0.717, 1.165) is 10.0 Å². The van der Waals surface area contributed by atoms with Crippen LogP contribution >= 0.6 is 27.3 Å². The van der Waals surface area contributed by atoms with Gasteiger partial charge in [0.25, 0.3) is 5.91 Å². The smallest absolute Gasteiger partial charge is 0.269 e. The molecule has 0 atom stereocenters. The molecule has 0 aliphatic rings. The molecule has 5 heteroatoms. The van der Waals surface area contributed by atoms with Gasteiger partial charge in [0.1, 0.15) is 5.82 Å². The Labute approximate surface area is 112 Å². The Bertz CT molecular complexity index is 539. The van der Waals surface area contributed by atoms with Crippen molar-refractivity contribution in [3.63, 3.8) is 0 Å². The van der Waals surface area contributed by atoms with Crippen LogP contribution in [0.1, 0.15) is 15.2 Å². The van der Waals surface area contributed by atoms with Gasteiger partial charge in [-0.3, -0.25) is 9.69 Å². The summed E-state index contributed by atoms with van der Waals surface area (Å²) in [6.45, 7) is 1.96. The molecule has 0 fully saturated rings. The molecule has 0 bridgehead atoms. The van der Waals surface area contributed by atoms with E-state index in [1.54, 1.807) is 18.1 Å². The highest BCUT2D eigenvalue weighted by atomic mass is 79.9. The largest absolute Gasteiger partial charge is 0.294 e. The number of pyridine rings is 1. The molecule has 17 heavy (non-hydrogen) atoms. The van der Waals surface area contributed by atoms with Gasteiger partial charge < -0.3 is 0 Å². The summed E-state index contributed by atoms with van der Waals surface area (Å²) in [6.07, 6.45) is 1.75. The molecular weight excluding hydrogens is 300 g/mol. The van der Waals surface area contributed by atoms with Crippen LogP contribution in [0.2, 0.25) is 0 Å². The second-order valence-electron chi connectivity index (χ2n) is 3.66. The summed E-state index contributed by atoms with van der Waals surface area (Å²) in [5.74, 6) is 0.589. The third kappa shape index (κ3) is 2.56. The van der Waals surface area contributed by atoms with Gasteiger partial charge in [-0.15, -0.1) is 11.3 Å². The summed E-state index contributed by atoms with van der Waals surface area (Å²) < 4.78 is 0.824. The van der Waals surface area contributed by atoms with Gasteiger partial charge in [-0.2, -0.15) is 0 Å². The lowest BCUT2D eigenvalue weighted by Crippen LogP contribution is -2.26. The molecule has 0 N–H and O–H groups in total. The highest BCUT2D eigenvalue weighted by Crippen LogP contribution is 2.25. The van der Waals surface area contributed by atoms with E-state index >= 15 is 0 Å². The normalized spacial score (nSPS) is 10.3. The lowest BCUT2D eigenvalue weighted by molar-refractivity contribution is 0.0996. The van der Waals surface area contributed by atoms with Crippen LogP contribution in [-0.2, 0) is 0 Å². The average Bonchev–Trinajstić information content (AvgIpc) is 2.80. The molecule has 2 rings (SSSR count). The summed E-state index contributed by atoms with van der Waals surface area (Å²) in [7, 11) is 1.73. The quantitative estimate of drug-likeness (QED) is 0.850. The first-order valence-corrected chi connectivity index (χ1v) is 6.70. The zero-order valence-corrected chi connectivity index (χ0v) is 11.9. The second kappa shape index (κ2) is 4.98. The third-order valence-corrected chi connectivity index (χ3v) is 3.75. The van der Waals surface area contributed by atoms with E-state index < -0.39 is 0 Å². The highest BCUT2D eigenvalue weighted by molar-refractivity contribution is 9.10. The number of hydrogen-bond donors (Lipinski definition) is 0. The lowest BCUT2D eigenvalue weighted by atomic mass is 10.3. The molecule has 2 heterocycles. The van der Waals surface area contributed by atoms with Crippen molar-refractivity contribution in [2.24, 2.45) is 0 Å². The van der Waals surface area contributed by atoms with Gasteiger partial charge in [-0.05, 0) is 45.9 Å². The van der Waals surface area contributed by atoms with Crippen molar-refractivity contribution in [2.75, 3.05) is 11.9 Å². The molecule has 0 saturated carbocycles. The number of aryl methyl sites for hydroxylation is 1. The summed E-state index contributed by atoms with van der Waals surface area (Å²) in [5, 5.41) is 1.89. The standard InChI is InChI=1S/C12H11BrN2OS/c1-8-6-9(13)11(14-7-8)15(2)12(16)10-4-3-5-17-10/h3-7H,1-2H3. The van der Waals surface area contributed by atoms with E-state index in [9.17, 15) is 4.79 Å². The predicted octanol–water partition coefficient (Wildman–Crippen LogP) is 3.49. The SMILES string of the molecule is Cc1cnc(N(C)C(=O)c2cccs2)c(Br)c1. The van der Waals surface area contributed by atoms with Crippen LogP contribution in [0.3, 0.4) is 0 Å². The molecule has 0 spiro atoms. The first-order chi connectivity index (χ1) is 8.09. The fourth-order valence-electron chi connectivity index (χ4n) is 1.43. The van der Waals surface area contributed by atoms with Crippen LogP contribution in [0, 0.1) is 6.92 Å². The maximum absolute atomic E-state index is 12.1. The molecule has 2 aromatic heterocycles. The zero-order chi connectivity index (χ0) is 12.4. The number of thiophene rings is 1. The minimum absolute atomic E-state index is 0.0444. The number of halogens is 1. The number of carbonyl (C=O) groups excluding carboxylic acids is 1. The Balaban J connectivity index is 2.31. The van der Waals surface area contributed by atoms with E-state index in [0.29, 0.717) is 10.7 Å². The fraction of sp³-hybridized carbons (Fsp3) is 0.167. The summed E-state index contributed by atoms with van der Waals surface area (Å²) in [4.78, 5) is 18.7. The second-order valence-corrected chi connectivity index (χ2v) is 5.46. The third-order valence-electron chi connectivity index (χ3n) is 2.31. The first-order valence-electron chi connectivity index (χ1n) is 5.03. The molecule has 0 unspecified atom stereocenters. The van der Waals surface area contributed by atoms with Crippen LogP contribution in [0.25, 0.3) is 0 Å². The van der Waals surface area contributed by atoms with Crippen molar-refractivity contribution >= 4 is 39.0 Å². The summed E-state index contributed by atoms with van der Waals surface area (Å²) in [5.41, 5.74) is 1.05. The minimum atomic E-state index is -0.0444. The van der Waals surface area contributed by atoms with Crippen LogP contribution in [-0.4, -0.2) is 17.9 Å². The molecule has 0 aliphatic heterocycles. The van der Waals surface area contributed by atoms with Crippen molar-refractivity contribution in [1.82, 2.24) is 4.98 Å². The van der Waals surface area contributed by atoms with Gasteiger partial charge >= 0.3 is 0 Å². The predicted molar refractivity (Wildman–Crippen MR) is 73.7 cm³/mol. The average molecular weight is 311 g/mol. The van der Waals surface area contributed by atoms with Gasteiger partial charge in [-0.1, -0.05) is 6.07 Å². The van der Waals surface area contributed by atoms with Crippen molar-refractivity contribution in [3.8, 4) is 0 Å². The Morgan fingerprint density at radius 1 is 1.53 bits per heavy atom. The number of nitrogens with zero attached hydrogens (tertiary/aromatic N) is 2. The lowest BCUT2D eigenvalue weighted by Gasteiger charge is -2.16. The summed E-state index contributed by atoms with van der Waals surface area (Å²) in [6, 6.07) is 5.62. The number of amides is 1. The van der Waals surface area contributed by atoms with Crippen molar-refractivity contribution in [2.45, 2.75) is 6.92 Å². The molecule has 1 amide bonds.